The molecule has 0 aliphatic rings. The van der Waals surface area contributed by atoms with Crippen LogP contribution in [-0.2, 0) is 9.59 Å². The molecule has 0 saturated carbocycles. The number of nitrogens with zero attached hydrogens (tertiary/aromatic N) is 1. The topological polar surface area (TPSA) is 49.4 Å². The van der Waals surface area contributed by atoms with Crippen LogP contribution in [-0.4, -0.2) is 36.9 Å². The Morgan fingerprint density at radius 3 is 2.36 bits per heavy atom. The molecule has 1 N–H and O–H groups in total. The molecule has 0 saturated heterocycles. The van der Waals surface area contributed by atoms with Crippen LogP contribution in [0.15, 0.2) is 12.2 Å². The molecular formula is C10H18N2O2. The first kappa shape index (κ1) is 12.7. The summed E-state index contributed by atoms with van der Waals surface area (Å²) in [7, 11) is 1.74. The van der Waals surface area contributed by atoms with Crippen LogP contribution in [0.3, 0.4) is 0 Å². The average Bonchev–Trinajstić information content (AvgIpc) is 2.11. The summed E-state index contributed by atoms with van der Waals surface area (Å²) in [6.45, 7) is 7.94. The Hall–Kier alpha value is -1.32. The quantitative estimate of drug-likeness (QED) is 0.518. The van der Waals surface area contributed by atoms with Crippen molar-refractivity contribution in [1.82, 2.24) is 10.2 Å². The van der Waals surface area contributed by atoms with E-state index >= 15 is 0 Å². The van der Waals surface area contributed by atoms with E-state index < -0.39 is 0 Å². The summed E-state index contributed by atoms with van der Waals surface area (Å²) < 4.78 is 0. The van der Waals surface area contributed by atoms with Crippen LogP contribution in [0.5, 0.6) is 0 Å². The molecule has 80 valence electrons. The molecule has 0 heterocycles. The van der Waals surface area contributed by atoms with Crippen molar-refractivity contribution in [3.05, 3.63) is 12.2 Å². The van der Waals surface area contributed by atoms with Gasteiger partial charge in [-0.25, -0.2) is 0 Å². The standard InChI is InChI=1S/C10H18N2O2/c1-8(2)10(14)11-6-5-7-12(4)9(3)13/h1,5-7H2,2-4H3,(H,11,14). The van der Waals surface area contributed by atoms with Gasteiger partial charge in [0.25, 0.3) is 0 Å². The summed E-state index contributed by atoms with van der Waals surface area (Å²) in [6, 6.07) is 0. The molecule has 0 aliphatic carbocycles. The Morgan fingerprint density at radius 2 is 1.93 bits per heavy atom. The highest BCUT2D eigenvalue weighted by Gasteiger charge is 2.02. The van der Waals surface area contributed by atoms with E-state index in [2.05, 4.69) is 11.9 Å². The first-order valence-corrected chi connectivity index (χ1v) is 4.60. The molecule has 0 radical (unpaired) electrons. The van der Waals surface area contributed by atoms with E-state index in [-0.39, 0.29) is 11.8 Å². The number of carbonyl (C=O) groups is 2. The maximum atomic E-state index is 11.0. The molecule has 0 atom stereocenters. The molecule has 0 aliphatic heterocycles. The lowest BCUT2D eigenvalue weighted by atomic mass is 10.3. The Balaban J connectivity index is 3.52. The van der Waals surface area contributed by atoms with E-state index in [1.54, 1.807) is 18.9 Å². The van der Waals surface area contributed by atoms with Gasteiger partial charge >= 0.3 is 0 Å². The fraction of sp³-hybridized carbons (Fsp3) is 0.600. The minimum absolute atomic E-state index is 0.0382. The second-order valence-corrected chi connectivity index (χ2v) is 3.33. The third-order valence-electron chi connectivity index (χ3n) is 1.88. The summed E-state index contributed by atoms with van der Waals surface area (Å²) in [4.78, 5) is 23.5. The summed E-state index contributed by atoms with van der Waals surface area (Å²) in [6.07, 6.45) is 0.759. The normalized spacial score (nSPS) is 9.36. The van der Waals surface area contributed by atoms with Crippen LogP contribution in [0.4, 0.5) is 0 Å². The smallest absolute Gasteiger partial charge is 0.246 e. The van der Waals surface area contributed by atoms with Crippen molar-refractivity contribution in [2.24, 2.45) is 0 Å². The van der Waals surface area contributed by atoms with Gasteiger partial charge in [-0.05, 0) is 13.3 Å². The van der Waals surface area contributed by atoms with Crippen molar-refractivity contribution in [2.75, 3.05) is 20.1 Å². The highest BCUT2D eigenvalue weighted by molar-refractivity contribution is 5.92. The number of carbonyl (C=O) groups excluding carboxylic acids is 2. The lowest BCUT2D eigenvalue weighted by Gasteiger charge is -2.14. The number of hydrogen-bond donors (Lipinski definition) is 1. The highest BCUT2D eigenvalue weighted by atomic mass is 16.2. The Labute approximate surface area is 85.0 Å². The zero-order valence-corrected chi connectivity index (χ0v) is 9.09. The second-order valence-electron chi connectivity index (χ2n) is 3.33. The van der Waals surface area contributed by atoms with E-state index in [0.29, 0.717) is 18.7 Å². The number of hydrogen-bond acceptors (Lipinski definition) is 2. The van der Waals surface area contributed by atoms with Crippen molar-refractivity contribution >= 4 is 11.8 Å². The van der Waals surface area contributed by atoms with Gasteiger partial charge in [-0.15, -0.1) is 0 Å². The van der Waals surface area contributed by atoms with Gasteiger partial charge in [-0.3, -0.25) is 9.59 Å². The maximum Gasteiger partial charge on any atom is 0.246 e. The minimum Gasteiger partial charge on any atom is -0.352 e. The van der Waals surface area contributed by atoms with Gasteiger partial charge in [-0.2, -0.15) is 0 Å². The fourth-order valence-corrected chi connectivity index (χ4v) is 0.826. The minimum atomic E-state index is -0.129. The first-order valence-electron chi connectivity index (χ1n) is 4.60. The van der Waals surface area contributed by atoms with E-state index in [4.69, 9.17) is 0 Å². The van der Waals surface area contributed by atoms with Crippen LogP contribution in [0.2, 0.25) is 0 Å². The third kappa shape index (κ3) is 5.35. The number of nitrogens with one attached hydrogen (secondary N) is 1. The molecule has 2 amide bonds. The van der Waals surface area contributed by atoms with Crippen LogP contribution in [0.1, 0.15) is 20.3 Å². The van der Waals surface area contributed by atoms with Crippen LogP contribution in [0, 0.1) is 0 Å². The predicted octanol–water partition coefficient (Wildman–Crippen LogP) is 0.547. The molecule has 0 unspecified atom stereocenters. The molecule has 0 aromatic carbocycles. The van der Waals surface area contributed by atoms with Crippen LogP contribution < -0.4 is 5.32 Å². The van der Waals surface area contributed by atoms with E-state index in [0.717, 1.165) is 6.42 Å². The number of amides is 2. The van der Waals surface area contributed by atoms with Gasteiger partial charge in [0.2, 0.25) is 11.8 Å². The second kappa shape index (κ2) is 6.18. The lowest BCUT2D eigenvalue weighted by Crippen LogP contribution is -2.30. The number of rotatable bonds is 5. The monoisotopic (exact) mass is 198 g/mol. The molecule has 0 rings (SSSR count). The molecule has 0 fully saturated rings. The molecule has 4 nitrogen and oxygen atoms in total. The average molecular weight is 198 g/mol. The highest BCUT2D eigenvalue weighted by Crippen LogP contribution is 1.89. The van der Waals surface area contributed by atoms with Crippen molar-refractivity contribution in [1.29, 1.82) is 0 Å². The van der Waals surface area contributed by atoms with Crippen LogP contribution >= 0.6 is 0 Å². The summed E-state index contributed by atoms with van der Waals surface area (Å²) in [5.74, 6) is -0.0910. The van der Waals surface area contributed by atoms with E-state index in [9.17, 15) is 9.59 Å². The Morgan fingerprint density at radius 1 is 1.36 bits per heavy atom. The van der Waals surface area contributed by atoms with Crippen molar-refractivity contribution in [3.8, 4) is 0 Å². The lowest BCUT2D eigenvalue weighted by molar-refractivity contribution is -0.127. The summed E-state index contributed by atoms with van der Waals surface area (Å²) >= 11 is 0. The van der Waals surface area contributed by atoms with Crippen LogP contribution in [0.25, 0.3) is 0 Å². The Kier molecular flexibility index (Phi) is 5.60. The molecule has 0 aromatic heterocycles. The molecule has 0 spiro atoms. The predicted molar refractivity (Wildman–Crippen MR) is 55.8 cm³/mol. The van der Waals surface area contributed by atoms with Crippen molar-refractivity contribution in [2.45, 2.75) is 20.3 Å². The van der Waals surface area contributed by atoms with E-state index in [1.165, 1.54) is 6.92 Å². The SMILES string of the molecule is C=C(C)C(=O)NCCCN(C)C(C)=O. The van der Waals surface area contributed by atoms with Gasteiger partial charge in [0, 0.05) is 32.6 Å². The van der Waals surface area contributed by atoms with Gasteiger partial charge in [0.1, 0.15) is 0 Å². The van der Waals surface area contributed by atoms with Gasteiger partial charge in [-0.1, -0.05) is 6.58 Å². The maximum absolute atomic E-state index is 11.0. The molecular weight excluding hydrogens is 180 g/mol. The summed E-state index contributed by atoms with van der Waals surface area (Å²) in [5.41, 5.74) is 0.505. The van der Waals surface area contributed by atoms with Gasteiger partial charge in [0.15, 0.2) is 0 Å². The van der Waals surface area contributed by atoms with E-state index in [1.807, 2.05) is 0 Å². The summed E-state index contributed by atoms with van der Waals surface area (Å²) in [5, 5.41) is 2.70. The zero-order valence-electron chi connectivity index (χ0n) is 9.09. The zero-order chi connectivity index (χ0) is 11.1. The Bertz CT molecular complexity index is 236. The molecule has 14 heavy (non-hydrogen) atoms. The van der Waals surface area contributed by atoms with Gasteiger partial charge < -0.3 is 10.2 Å². The van der Waals surface area contributed by atoms with Gasteiger partial charge in [0.05, 0.1) is 0 Å². The molecule has 0 bridgehead atoms. The fourth-order valence-electron chi connectivity index (χ4n) is 0.826. The van der Waals surface area contributed by atoms with Crippen molar-refractivity contribution in [3.63, 3.8) is 0 Å². The third-order valence-corrected chi connectivity index (χ3v) is 1.88. The van der Waals surface area contributed by atoms with Crippen molar-refractivity contribution < 1.29 is 9.59 Å². The molecule has 4 heteroatoms. The first-order chi connectivity index (χ1) is 6.45. The molecule has 0 aromatic rings. The largest absolute Gasteiger partial charge is 0.352 e.